The van der Waals surface area contributed by atoms with Gasteiger partial charge >= 0.3 is 0 Å². The maximum absolute atomic E-state index is 10.3. The molecular weight excluding hydrogens is 476 g/mol. The number of nitriles is 1. The van der Waals surface area contributed by atoms with Crippen LogP contribution in [0.15, 0.2) is 45.2 Å². The summed E-state index contributed by atoms with van der Waals surface area (Å²) in [6, 6.07) is 13.9. The molecule has 6 aromatic rings. The topological polar surface area (TPSA) is 90.1 Å². The first-order valence-corrected chi connectivity index (χ1v) is 12.1. The molecule has 0 aliphatic heterocycles. The van der Waals surface area contributed by atoms with Crippen molar-refractivity contribution < 1.29 is 8.83 Å². The smallest absolute Gasteiger partial charge is 0.271 e. The van der Waals surface area contributed by atoms with Crippen LogP contribution in [0.5, 0.6) is 0 Å². The zero-order valence-electron chi connectivity index (χ0n) is 22.0. The Balaban J connectivity index is 1.75. The van der Waals surface area contributed by atoms with Crippen LogP contribution in [0.25, 0.3) is 49.1 Å². The molecule has 6 rings (SSSR count). The molecule has 0 atom stereocenters. The number of hydrogen-bond donors (Lipinski definition) is 0. The van der Waals surface area contributed by atoms with Gasteiger partial charge in [-0.05, 0) is 63.1 Å². The largest absolute Gasteiger partial charge is 0.447 e. The van der Waals surface area contributed by atoms with Gasteiger partial charge in [0.1, 0.15) is 22.7 Å². The Morgan fingerprint density at radius 1 is 0.816 bits per heavy atom. The van der Waals surface area contributed by atoms with Crippen LogP contribution in [-0.4, -0.2) is 19.1 Å². The zero-order chi connectivity index (χ0) is 26.9. The molecule has 0 radical (unpaired) electrons. The fourth-order valence-electron chi connectivity index (χ4n) is 5.19. The van der Waals surface area contributed by atoms with Gasteiger partial charge in [-0.1, -0.05) is 12.1 Å². The second kappa shape index (κ2) is 8.22. The minimum atomic E-state index is 0.268. The predicted molar refractivity (Wildman–Crippen MR) is 145 cm³/mol. The number of fused-ring (bicyclic) bond motifs is 3. The number of hydrogen-bond acceptors (Lipinski definition) is 5. The highest BCUT2D eigenvalue weighted by atomic mass is 16.4. The molecule has 0 aliphatic carbocycles. The van der Waals surface area contributed by atoms with Crippen molar-refractivity contribution in [1.82, 2.24) is 19.1 Å². The minimum Gasteiger partial charge on any atom is -0.447 e. The zero-order valence-corrected chi connectivity index (χ0v) is 22.0. The molecule has 0 bridgehead atoms. The molecule has 0 amide bonds. The van der Waals surface area contributed by atoms with E-state index in [1.165, 1.54) is 0 Å². The summed E-state index contributed by atoms with van der Waals surface area (Å²) in [5.74, 6) is 0.538. The Bertz CT molecular complexity index is 2010. The molecule has 0 spiro atoms. The normalized spacial score (nSPS) is 13.3. The summed E-state index contributed by atoms with van der Waals surface area (Å²) in [6.45, 7) is 16.0. The molecule has 4 aromatic heterocycles. The monoisotopic (exact) mass is 500 g/mol. The molecule has 0 fully saturated rings. The first-order chi connectivity index (χ1) is 18.2. The van der Waals surface area contributed by atoms with Crippen LogP contribution in [0, 0.1) is 45.6 Å². The Morgan fingerprint density at radius 2 is 1.32 bits per heavy atom. The number of nitrogens with zero attached hydrogens (tertiary/aromatic N) is 6. The molecule has 8 nitrogen and oxygen atoms in total. The molecular formula is C30H24N6O2. The predicted octanol–water partition coefficient (Wildman–Crippen LogP) is 4.83. The Morgan fingerprint density at radius 3 is 1.87 bits per heavy atom. The van der Waals surface area contributed by atoms with E-state index in [1.54, 1.807) is 0 Å². The van der Waals surface area contributed by atoms with E-state index in [-0.39, 0.29) is 11.8 Å². The van der Waals surface area contributed by atoms with Gasteiger partial charge in [-0.15, -0.1) is 0 Å². The van der Waals surface area contributed by atoms with E-state index < -0.39 is 0 Å². The molecule has 38 heavy (non-hydrogen) atoms. The number of rotatable bonds is 2. The van der Waals surface area contributed by atoms with Crippen molar-refractivity contribution in [3.63, 3.8) is 0 Å². The van der Waals surface area contributed by atoms with Crippen molar-refractivity contribution in [3.05, 3.63) is 92.8 Å². The molecule has 8 heteroatoms. The third kappa shape index (κ3) is 3.21. The molecule has 186 valence electrons. The van der Waals surface area contributed by atoms with Crippen LogP contribution in [0.1, 0.15) is 34.3 Å². The second-order valence-corrected chi connectivity index (χ2v) is 9.66. The lowest BCUT2D eigenvalue weighted by molar-refractivity contribution is 0.584. The summed E-state index contributed by atoms with van der Waals surface area (Å²) < 4.78 is 16.1. The fourth-order valence-corrected chi connectivity index (χ4v) is 5.19. The van der Waals surface area contributed by atoms with Gasteiger partial charge in [0.15, 0.2) is 11.2 Å². The highest BCUT2D eigenvalue weighted by Gasteiger charge is 2.24. The first-order valence-electron chi connectivity index (χ1n) is 12.1. The maximum atomic E-state index is 10.3. The second-order valence-electron chi connectivity index (χ2n) is 9.66. The van der Waals surface area contributed by atoms with Crippen LogP contribution in [0.2, 0.25) is 0 Å². The molecule has 0 aliphatic rings. The summed E-state index contributed by atoms with van der Waals surface area (Å²) in [4.78, 5) is 13.1. The molecule has 0 saturated carbocycles. The van der Waals surface area contributed by atoms with Gasteiger partial charge in [-0.3, -0.25) is 0 Å². The maximum Gasteiger partial charge on any atom is 0.271 e. The molecule has 0 N–H and O–H groups in total. The molecule has 0 unspecified atom stereocenters. The van der Waals surface area contributed by atoms with Crippen molar-refractivity contribution in [3.8, 4) is 6.07 Å². The van der Waals surface area contributed by atoms with Gasteiger partial charge in [-0.25, -0.2) is 14.8 Å². The molecule has 4 heterocycles. The Hall–Kier alpha value is -5.08. The summed E-state index contributed by atoms with van der Waals surface area (Å²) in [5, 5.41) is 13.4. The third-order valence-corrected chi connectivity index (χ3v) is 7.31. The van der Waals surface area contributed by atoms with Gasteiger partial charge in [0.2, 0.25) is 11.8 Å². The van der Waals surface area contributed by atoms with Gasteiger partial charge in [-0.2, -0.15) is 5.26 Å². The van der Waals surface area contributed by atoms with E-state index in [9.17, 15) is 5.26 Å². The van der Waals surface area contributed by atoms with Crippen LogP contribution in [-0.2, 0) is 14.1 Å². The van der Waals surface area contributed by atoms with Gasteiger partial charge in [0.25, 0.3) is 5.70 Å². The summed E-state index contributed by atoms with van der Waals surface area (Å²) in [6.07, 6.45) is 0. The SMILES string of the molecule is [C-]#[N+]/C(c1nc2ccc(C)cc2o1)=c1\c2c(C)n(C)/c(=C(/C#N)c3nc4ccc(C)cc4o3)c2c(C)n1C. The number of aryl methyl sites for hydroxylation is 4. The molecule has 2 aromatic carbocycles. The Labute approximate surface area is 218 Å². The van der Waals surface area contributed by atoms with Crippen molar-refractivity contribution in [1.29, 1.82) is 5.26 Å². The number of oxazole rings is 2. The lowest BCUT2D eigenvalue weighted by Crippen LogP contribution is -2.21. The third-order valence-electron chi connectivity index (χ3n) is 7.31. The quantitative estimate of drug-likeness (QED) is 0.318. The van der Waals surface area contributed by atoms with Crippen LogP contribution >= 0.6 is 0 Å². The van der Waals surface area contributed by atoms with E-state index in [2.05, 4.69) is 20.9 Å². The van der Waals surface area contributed by atoms with Crippen LogP contribution < -0.4 is 10.7 Å². The lowest BCUT2D eigenvalue weighted by atomic mass is 10.1. The first kappa shape index (κ1) is 23.3. The minimum absolute atomic E-state index is 0.268. The van der Waals surface area contributed by atoms with Gasteiger partial charge < -0.3 is 18.0 Å². The van der Waals surface area contributed by atoms with E-state index in [4.69, 9.17) is 15.4 Å². The molecule has 0 saturated heterocycles. The van der Waals surface area contributed by atoms with Gasteiger partial charge in [0, 0.05) is 36.3 Å². The van der Waals surface area contributed by atoms with Crippen LogP contribution in [0.3, 0.4) is 0 Å². The highest BCUT2D eigenvalue weighted by molar-refractivity contribution is 5.96. The standard InChI is InChI=1S/C30H24N6O2/c1-15-8-10-20-22(12-15)37-29(33-20)19(14-31)27-24-17(3)36(7)28(25(24)18(4)35(27)6)26(32-5)30-34-21-11-9-16(2)13-23(21)38-30/h8-13H,1-4,6-7H3/b27-19-,28-26+. The average molecular weight is 501 g/mol. The van der Waals surface area contributed by atoms with E-state index >= 15 is 0 Å². The van der Waals surface area contributed by atoms with Crippen molar-refractivity contribution in [2.75, 3.05) is 0 Å². The summed E-state index contributed by atoms with van der Waals surface area (Å²) in [7, 11) is 3.83. The number of benzene rings is 2. The van der Waals surface area contributed by atoms with E-state index in [0.29, 0.717) is 44.2 Å². The van der Waals surface area contributed by atoms with Crippen LogP contribution in [0.4, 0.5) is 0 Å². The van der Waals surface area contributed by atoms with Gasteiger partial charge in [0.05, 0.1) is 17.3 Å². The highest BCUT2D eigenvalue weighted by Crippen LogP contribution is 2.26. The van der Waals surface area contributed by atoms with Crippen molar-refractivity contribution in [2.45, 2.75) is 27.7 Å². The average Bonchev–Trinajstić information content (AvgIpc) is 3.62. The summed E-state index contributed by atoms with van der Waals surface area (Å²) >= 11 is 0. The lowest BCUT2D eigenvalue weighted by Gasteiger charge is -2.04. The number of aromatic nitrogens is 4. The van der Waals surface area contributed by atoms with Crippen molar-refractivity contribution >= 4 is 44.2 Å². The fraction of sp³-hybridized carbons (Fsp3) is 0.200. The van der Waals surface area contributed by atoms with E-state index in [0.717, 1.165) is 33.3 Å². The van der Waals surface area contributed by atoms with Crippen molar-refractivity contribution in [2.24, 2.45) is 14.1 Å². The summed E-state index contributed by atoms with van der Waals surface area (Å²) in [5.41, 5.74) is 7.23. The Kier molecular flexibility index (Phi) is 5.05. The van der Waals surface area contributed by atoms with E-state index in [1.807, 2.05) is 87.3 Å².